The number of rotatable bonds is 5. The Hall–Kier alpha value is -1.42. The van der Waals surface area contributed by atoms with Gasteiger partial charge in [-0.1, -0.05) is 0 Å². The van der Waals surface area contributed by atoms with Crippen molar-refractivity contribution in [2.24, 2.45) is 0 Å². The molecular weight excluding hydrogens is 252 g/mol. The summed E-state index contributed by atoms with van der Waals surface area (Å²) in [5.41, 5.74) is 0.409. The predicted octanol–water partition coefficient (Wildman–Crippen LogP) is 0.950. The summed E-state index contributed by atoms with van der Waals surface area (Å²) in [6.45, 7) is 3.32. The number of nitrogens with zero attached hydrogens (tertiary/aromatic N) is 2. The Labute approximate surface area is 107 Å². The fourth-order valence-electron chi connectivity index (χ4n) is 1.59. The topological polar surface area (TPSA) is 81.4 Å². The third kappa shape index (κ3) is 3.07. The molecule has 1 N–H and O–H groups in total. The quantitative estimate of drug-likeness (QED) is 0.862. The third-order valence-electron chi connectivity index (χ3n) is 2.49. The number of aliphatic hydroxyl groups is 1. The molecule has 1 aromatic rings. The van der Waals surface area contributed by atoms with Crippen LogP contribution in [0.2, 0.25) is 0 Å². The lowest BCUT2D eigenvalue weighted by Crippen LogP contribution is -2.38. The molecule has 0 radical (unpaired) electrons. The largest absolute Gasteiger partial charge is 0.395 e. The van der Waals surface area contributed by atoms with Crippen LogP contribution in [0.5, 0.6) is 0 Å². The van der Waals surface area contributed by atoms with Gasteiger partial charge in [0, 0.05) is 12.6 Å². The van der Waals surface area contributed by atoms with Crippen molar-refractivity contribution in [1.82, 2.24) is 4.31 Å². The zero-order chi connectivity index (χ0) is 13.8. The van der Waals surface area contributed by atoms with Gasteiger partial charge in [-0.15, -0.1) is 0 Å². The van der Waals surface area contributed by atoms with Crippen LogP contribution in [0.3, 0.4) is 0 Å². The fourth-order valence-corrected chi connectivity index (χ4v) is 3.22. The highest BCUT2D eigenvalue weighted by Crippen LogP contribution is 2.18. The molecule has 0 aromatic heterocycles. The second-order valence-electron chi connectivity index (χ2n) is 4.07. The van der Waals surface area contributed by atoms with E-state index in [1.165, 1.54) is 28.6 Å². The zero-order valence-corrected chi connectivity index (χ0v) is 11.2. The van der Waals surface area contributed by atoms with Gasteiger partial charge in [-0.2, -0.15) is 9.57 Å². The average Bonchev–Trinajstić information content (AvgIpc) is 2.35. The first-order valence-electron chi connectivity index (χ1n) is 5.56. The van der Waals surface area contributed by atoms with Gasteiger partial charge in [-0.05, 0) is 38.1 Å². The van der Waals surface area contributed by atoms with E-state index in [0.29, 0.717) is 5.56 Å². The molecule has 18 heavy (non-hydrogen) atoms. The van der Waals surface area contributed by atoms with E-state index < -0.39 is 10.0 Å². The lowest BCUT2D eigenvalue weighted by Gasteiger charge is -2.25. The molecule has 0 aliphatic heterocycles. The van der Waals surface area contributed by atoms with Crippen LogP contribution >= 0.6 is 0 Å². The molecular formula is C12H16N2O3S. The smallest absolute Gasteiger partial charge is 0.243 e. The van der Waals surface area contributed by atoms with Crippen LogP contribution in [-0.2, 0) is 10.0 Å². The first kappa shape index (κ1) is 14.6. The van der Waals surface area contributed by atoms with Crippen LogP contribution in [0, 0.1) is 11.3 Å². The highest BCUT2D eigenvalue weighted by Gasteiger charge is 2.26. The standard InChI is InChI=1S/C12H16N2O3S/c1-10(2)14(7-8-15)18(16,17)12-5-3-11(9-13)4-6-12/h3-6,10,15H,7-8H2,1-2H3. The number of aliphatic hydroxyl groups excluding tert-OH is 1. The summed E-state index contributed by atoms with van der Waals surface area (Å²) in [4.78, 5) is 0.128. The number of benzene rings is 1. The van der Waals surface area contributed by atoms with Crippen LogP contribution in [0.25, 0.3) is 0 Å². The van der Waals surface area contributed by atoms with E-state index in [1.54, 1.807) is 13.8 Å². The number of hydrogen-bond acceptors (Lipinski definition) is 4. The minimum atomic E-state index is -3.62. The van der Waals surface area contributed by atoms with E-state index in [-0.39, 0.29) is 24.1 Å². The molecule has 0 bridgehead atoms. The normalized spacial score (nSPS) is 11.8. The molecule has 0 saturated carbocycles. The molecule has 6 heteroatoms. The van der Waals surface area contributed by atoms with Gasteiger partial charge in [0.15, 0.2) is 0 Å². The summed E-state index contributed by atoms with van der Waals surface area (Å²) in [5, 5.41) is 17.6. The van der Waals surface area contributed by atoms with E-state index in [9.17, 15) is 8.42 Å². The molecule has 0 spiro atoms. The van der Waals surface area contributed by atoms with Gasteiger partial charge in [-0.3, -0.25) is 0 Å². The predicted molar refractivity (Wildman–Crippen MR) is 67.3 cm³/mol. The number of nitriles is 1. The van der Waals surface area contributed by atoms with E-state index >= 15 is 0 Å². The summed E-state index contributed by atoms with van der Waals surface area (Å²) < 4.78 is 25.8. The van der Waals surface area contributed by atoms with Crippen molar-refractivity contribution in [2.75, 3.05) is 13.2 Å². The van der Waals surface area contributed by atoms with Gasteiger partial charge in [0.05, 0.1) is 23.1 Å². The van der Waals surface area contributed by atoms with Crippen LogP contribution < -0.4 is 0 Å². The van der Waals surface area contributed by atoms with Crippen molar-refractivity contribution in [1.29, 1.82) is 5.26 Å². The minimum absolute atomic E-state index is 0.0556. The lowest BCUT2D eigenvalue weighted by molar-refractivity contribution is 0.236. The second-order valence-corrected chi connectivity index (χ2v) is 5.96. The first-order valence-corrected chi connectivity index (χ1v) is 7.00. The Morgan fingerprint density at radius 2 is 1.89 bits per heavy atom. The van der Waals surface area contributed by atoms with Gasteiger partial charge in [-0.25, -0.2) is 8.42 Å². The number of hydrogen-bond donors (Lipinski definition) is 1. The van der Waals surface area contributed by atoms with Crippen molar-refractivity contribution in [2.45, 2.75) is 24.8 Å². The van der Waals surface area contributed by atoms with Crippen molar-refractivity contribution >= 4 is 10.0 Å². The highest BCUT2D eigenvalue weighted by molar-refractivity contribution is 7.89. The Bertz CT molecular complexity index is 529. The van der Waals surface area contributed by atoms with Gasteiger partial charge < -0.3 is 5.11 Å². The van der Waals surface area contributed by atoms with Gasteiger partial charge >= 0.3 is 0 Å². The zero-order valence-electron chi connectivity index (χ0n) is 10.4. The fraction of sp³-hybridized carbons (Fsp3) is 0.417. The molecule has 0 heterocycles. The molecule has 1 rings (SSSR count). The third-order valence-corrected chi connectivity index (χ3v) is 4.58. The molecule has 0 amide bonds. The molecule has 0 fully saturated rings. The summed E-state index contributed by atoms with van der Waals surface area (Å²) in [6.07, 6.45) is 0. The van der Waals surface area contributed by atoms with Crippen LogP contribution in [0.15, 0.2) is 29.2 Å². The van der Waals surface area contributed by atoms with E-state index in [0.717, 1.165) is 0 Å². The monoisotopic (exact) mass is 268 g/mol. The number of sulfonamides is 1. The molecule has 0 aliphatic carbocycles. The maximum Gasteiger partial charge on any atom is 0.243 e. The Kier molecular flexibility index (Phi) is 4.84. The molecule has 0 unspecified atom stereocenters. The van der Waals surface area contributed by atoms with Crippen molar-refractivity contribution in [3.8, 4) is 6.07 Å². The summed E-state index contributed by atoms with van der Waals surface area (Å²) in [7, 11) is -3.62. The van der Waals surface area contributed by atoms with Crippen molar-refractivity contribution in [3.05, 3.63) is 29.8 Å². The Morgan fingerprint density at radius 3 is 2.28 bits per heavy atom. The van der Waals surface area contributed by atoms with Crippen molar-refractivity contribution < 1.29 is 13.5 Å². The molecule has 98 valence electrons. The summed E-state index contributed by atoms with van der Waals surface area (Å²) >= 11 is 0. The van der Waals surface area contributed by atoms with Crippen LogP contribution in [-0.4, -0.2) is 37.0 Å². The van der Waals surface area contributed by atoms with E-state index in [1.807, 2.05) is 6.07 Å². The Balaban J connectivity index is 3.14. The molecule has 5 nitrogen and oxygen atoms in total. The SMILES string of the molecule is CC(C)N(CCO)S(=O)(=O)c1ccc(C#N)cc1. The molecule has 1 aromatic carbocycles. The maximum absolute atomic E-state index is 12.3. The van der Waals surface area contributed by atoms with E-state index in [2.05, 4.69) is 0 Å². The summed E-state index contributed by atoms with van der Waals surface area (Å²) in [5.74, 6) is 0. The first-order chi connectivity index (χ1) is 8.43. The molecule has 0 saturated heterocycles. The summed E-state index contributed by atoms with van der Waals surface area (Å²) in [6, 6.07) is 7.43. The van der Waals surface area contributed by atoms with Gasteiger partial charge in [0.1, 0.15) is 0 Å². The van der Waals surface area contributed by atoms with Crippen LogP contribution in [0.1, 0.15) is 19.4 Å². The van der Waals surface area contributed by atoms with Crippen LogP contribution in [0.4, 0.5) is 0 Å². The van der Waals surface area contributed by atoms with Gasteiger partial charge in [0.2, 0.25) is 10.0 Å². The molecule has 0 aliphatic rings. The van der Waals surface area contributed by atoms with Gasteiger partial charge in [0.25, 0.3) is 0 Å². The van der Waals surface area contributed by atoms with Crippen molar-refractivity contribution in [3.63, 3.8) is 0 Å². The lowest BCUT2D eigenvalue weighted by atomic mass is 10.2. The maximum atomic E-state index is 12.3. The highest BCUT2D eigenvalue weighted by atomic mass is 32.2. The molecule has 0 atom stereocenters. The minimum Gasteiger partial charge on any atom is -0.395 e. The second kappa shape index (κ2) is 5.96. The average molecular weight is 268 g/mol. The van der Waals surface area contributed by atoms with E-state index in [4.69, 9.17) is 10.4 Å². The Morgan fingerprint density at radius 1 is 1.33 bits per heavy atom.